The molecule has 0 spiro atoms. The molecule has 0 saturated heterocycles. The number of hydrogen-bond acceptors (Lipinski definition) is 5. The van der Waals surface area contributed by atoms with E-state index in [0.717, 1.165) is 73.2 Å². The summed E-state index contributed by atoms with van der Waals surface area (Å²) >= 11 is 1.78. The highest BCUT2D eigenvalue weighted by Crippen LogP contribution is 2.31. The van der Waals surface area contributed by atoms with Crippen LogP contribution in [0, 0.1) is 17.8 Å². The molecule has 2 aromatic rings. The molecule has 6 nitrogen and oxygen atoms in total. The third-order valence-electron chi connectivity index (χ3n) is 6.88. The number of nitrogen functional groups attached to an aromatic ring is 1. The van der Waals surface area contributed by atoms with Gasteiger partial charge in [0.1, 0.15) is 5.82 Å². The van der Waals surface area contributed by atoms with Crippen molar-refractivity contribution < 1.29 is 4.79 Å². The van der Waals surface area contributed by atoms with Crippen LogP contribution >= 0.6 is 11.8 Å². The van der Waals surface area contributed by atoms with E-state index in [-0.39, 0.29) is 5.91 Å². The molecular formula is C29H39N5OS. The van der Waals surface area contributed by atoms with E-state index in [1.165, 1.54) is 6.42 Å². The molecule has 3 N–H and O–H groups in total. The molecule has 7 heteroatoms. The normalized spacial score (nSPS) is 21.1. The molecule has 1 aromatic heterocycles. The van der Waals surface area contributed by atoms with Gasteiger partial charge in [0.2, 0.25) is 5.91 Å². The number of amides is 1. The fourth-order valence-electron chi connectivity index (χ4n) is 4.91. The van der Waals surface area contributed by atoms with Crippen LogP contribution in [0.2, 0.25) is 0 Å². The second kappa shape index (κ2) is 13.5. The number of nitrogens with zero attached hydrogens (tertiary/aromatic N) is 3. The zero-order valence-electron chi connectivity index (χ0n) is 21.3. The number of rotatable bonds is 12. The van der Waals surface area contributed by atoms with Crippen LogP contribution in [0.15, 0.2) is 65.9 Å². The third kappa shape index (κ3) is 7.85. The molecule has 0 fully saturated rings. The first-order valence-electron chi connectivity index (χ1n) is 13.3. The highest BCUT2D eigenvalue weighted by Gasteiger charge is 2.19. The van der Waals surface area contributed by atoms with E-state index in [4.69, 9.17) is 5.73 Å². The van der Waals surface area contributed by atoms with Crippen LogP contribution < -0.4 is 11.1 Å². The maximum Gasteiger partial charge on any atom is 0.219 e. The van der Waals surface area contributed by atoms with Crippen LogP contribution in [0.1, 0.15) is 57.7 Å². The Hall–Kier alpha value is -2.80. The molecular weight excluding hydrogens is 466 g/mol. The predicted octanol–water partition coefficient (Wildman–Crippen LogP) is 5.90. The average molecular weight is 506 g/mol. The van der Waals surface area contributed by atoms with Gasteiger partial charge < -0.3 is 11.1 Å². The molecule has 1 amide bonds. The second-order valence-electron chi connectivity index (χ2n) is 10.0. The van der Waals surface area contributed by atoms with E-state index < -0.39 is 0 Å². The van der Waals surface area contributed by atoms with Crippen molar-refractivity contribution in [2.45, 2.75) is 63.4 Å². The Morgan fingerprint density at radius 2 is 2.08 bits per heavy atom. The average Bonchev–Trinajstić information content (AvgIpc) is 3.29. The monoisotopic (exact) mass is 505 g/mol. The van der Waals surface area contributed by atoms with Crippen molar-refractivity contribution in [1.82, 2.24) is 20.1 Å². The summed E-state index contributed by atoms with van der Waals surface area (Å²) in [6.45, 7) is 3.02. The van der Waals surface area contributed by atoms with E-state index in [2.05, 4.69) is 69.5 Å². The Balaban J connectivity index is 1.29. The summed E-state index contributed by atoms with van der Waals surface area (Å²) in [6, 6.07) is 7.91. The Kier molecular flexibility index (Phi) is 9.84. The minimum absolute atomic E-state index is 0.134. The van der Waals surface area contributed by atoms with Gasteiger partial charge >= 0.3 is 0 Å². The van der Waals surface area contributed by atoms with Gasteiger partial charge in [-0.1, -0.05) is 61.2 Å². The lowest BCUT2D eigenvalue weighted by molar-refractivity contribution is -0.121. The number of anilines is 1. The Morgan fingerprint density at radius 3 is 2.89 bits per heavy atom. The lowest BCUT2D eigenvalue weighted by atomic mass is 9.89. The number of unbranched alkanes of at least 4 members (excludes halogenated alkanes) is 1. The van der Waals surface area contributed by atoms with Crippen LogP contribution in [0.3, 0.4) is 0 Å². The van der Waals surface area contributed by atoms with Gasteiger partial charge in [-0.15, -0.1) is 10.2 Å². The van der Waals surface area contributed by atoms with Crippen molar-refractivity contribution in [3.8, 4) is 5.69 Å². The van der Waals surface area contributed by atoms with Crippen LogP contribution in [0.25, 0.3) is 5.69 Å². The quantitative estimate of drug-likeness (QED) is 0.162. The van der Waals surface area contributed by atoms with Crippen molar-refractivity contribution in [3.05, 3.63) is 66.5 Å². The van der Waals surface area contributed by atoms with Crippen LogP contribution in [-0.4, -0.2) is 33.0 Å². The molecule has 3 unspecified atom stereocenters. The fraction of sp³-hybridized carbons (Fsp3) is 0.483. The molecule has 0 radical (unpaired) electrons. The molecule has 4 rings (SSSR count). The molecule has 2 aliphatic rings. The Labute approximate surface area is 219 Å². The fourth-order valence-corrected chi connectivity index (χ4v) is 6.01. The molecule has 2 aliphatic carbocycles. The van der Waals surface area contributed by atoms with E-state index >= 15 is 0 Å². The van der Waals surface area contributed by atoms with Crippen molar-refractivity contribution in [1.29, 1.82) is 0 Å². The van der Waals surface area contributed by atoms with Gasteiger partial charge in [-0.2, -0.15) is 0 Å². The van der Waals surface area contributed by atoms with Crippen molar-refractivity contribution in [2.75, 3.05) is 18.0 Å². The summed E-state index contributed by atoms with van der Waals surface area (Å²) in [6.07, 6.45) is 20.7. The molecule has 0 bridgehead atoms. The van der Waals surface area contributed by atoms with Crippen LogP contribution in [-0.2, 0) is 11.2 Å². The van der Waals surface area contributed by atoms with Crippen molar-refractivity contribution in [2.24, 2.45) is 17.8 Å². The highest BCUT2D eigenvalue weighted by atomic mass is 32.2. The topological polar surface area (TPSA) is 85.8 Å². The lowest BCUT2D eigenvalue weighted by Gasteiger charge is -2.21. The van der Waals surface area contributed by atoms with Crippen molar-refractivity contribution in [3.63, 3.8) is 0 Å². The summed E-state index contributed by atoms with van der Waals surface area (Å²) in [5.41, 5.74) is 7.82. The summed E-state index contributed by atoms with van der Waals surface area (Å²) in [5, 5.41) is 13.1. The van der Waals surface area contributed by atoms with Gasteiger partial charge in [0.25, 0.3) is 0 Å². The third-order valence-corrected chi connectivity index (χ3v) is 8.04. The Morgan fingerprint density at radius 1 is 1.17 bits per heavy atom. The predicted molar refractivity (Wildman–Crippen MR) is 149 cm³/mol. The molecule has 0 saturated carbocycles. The molecule has 192 valence electrons. The Bertz CT molecular complexity index is 1090. The van der Waals surface area contributed by atoms with Gasteiger partial charge in [0.15, 0.2) is 5.16 Å². The number of aromatic nitrogens is 3. The summed E-state index contributed by atoms with van der Waals surface area (Å²) in [7, 11) is 0. The summed E-state index contributed by atoms with van der Waals surface area (Å²) in [5.74, 6) is 3.94. The standard InChI is InChI=1S/C29H39N5OS/c1-22-9-7-12-24(19-22)21-36-29-33-32-27(34(29)26-14-8-13-25(30)20-26)15-5-6-16-28(35)31-18-17-23-10-3-2-4-11-23/h2-4,7-10,13-14,20,22-24H,5-6,11-12,15-19,21,30H2,1H3,(H,31,35). The zero-order valence-corrected chi connectivity index (χ0v) is 22.1. The minimum Gasteiger partial charge on any atom is -0.399 e. The summed E-state index contributed by atoms with van der Waals surface area (Å²) in [4.78, 5) is 12.3. The van der Waals surface area contributed by atoms with Gasteiger partial charge in [-0.05, 0) is 74.5 Å². The number of thioether (sulfide) groups is 1. The van der Waals surface area contributed by atoms with Gasteiger partial charge in [-0.3, -0.25) is 9.36 Å². The van der Waals surface area contributed by atoms with Gasteiger partial charge in [0.05, 0.1) is 5.69 Å². The SMILES string of the molecule is CC1C=CCC(CSc2nnc(CCCCC(=O)NCCC3C=CC=CC3)n2-c2cccc(N)c2)C1. The minimum atomic E-state index is 0.134. The van der Waals surface area contributed by atoms with E-state index in [1.54, 1.807) is 11.8 Å². The molecule has 36 heavy (non-hydrogen) atoms. The lowest BCUT2D eigenvalue weighted by Crippen LogP contribution is -2.25. The largest absolute Gasteiger partial charge is 0.399 e. The number of carbonyl (C=O) groups is 1. The number of benzene rings is 1. The molecule has 0 aliphatic heterocycles. The maximum atomic E-state index is 12.3. The highest BCUT2D eigenvalue weighted by molar-refractivity contribution is 7.99. The first-order valence-corrected chi connectivity index (χ1v) is 14.3. The maximum absolute atomic E-state index is 12.3. The first-order chi connectivity index (χ1) is 17.6. The number of carbonyl (C=O) groups excluding carboxylic acids is 1. The van der Waals surface area contributed by atoms with Crippen molar-refractivity contribution >= 4 is 23.4 Å². The van der Waals surface area contributed by atoms with Gasteiger partial charge in [0, 0.05) is 30.8 Å². The van der Waals surface area contributed by atoms with Crippen LogP contribution in [0.4, 0.5) is 5.69 Å². The zero-order chi connectivity index (χ0) is 25.2. The number of nitrogens with one attached hydrogen (secondary N) is 1. The van der Waals surface area contributed by atoms with Gasteiger partial charge in [-0.25, -0.2) is 0 Å². The smallest absolute Gasteiger partial charge is 0.219 e. The molecule has 1 aromatic carbocycles. The number of aryl methyl sites for hydroxylation is 1. The van der Waals surface area contributed by atoms with E-state index in [9.17, 15) is 4.79 Å². The molecule has 3 atom stereocenters. The molecule has 1 heterocycles. The summed E-state index contributed by atoms with van der Waals surface area (Å²) < 4.78 is 2.15. The number of hydrogen-bond donors (Lipinski definition) is 2. The number of nitrogens with two attached hydrogens (primary N) is 1. The first kappa shape index (κ1) is 26.3. The number of allylic oxidation sites excluding steroid dienone is 6. The van der Waals surface area contributed by atoms with Crippen LogP contribution in [0.5, 0.6) is 0 Å². The van der Waals surface area contributed by atoms with E-state index in [1.807, 2.05) is 18.2 Å². The second-order valence-corrected chi connectivity index (χ2v) is 11.0. The van der Waals surface area contributed by atoms with E-state index in [0.29, 0.717) is 24.2 Å².